The maximum Gasteiger partial charge on any atom is 0.252 e. The van der Waals surface area contributed by atoms with Gasteiger partial charge in [0.1, 0.15) is 23.0 Å². The normalized spacial score (nSPS) is 14.1. The Hall–Kier alpha value is -3.55. The van der Waals surface area contributed by atoms with Crippen molar-refractivity contribution >= 4 is 142 Å². The zero-order valence-electron chi connectivity index (χ0n) is 29.7. The average Bonchev–Trinajstić information content (AvgIpc) is 3.13. The summed E-state index contributed by atoms with van der Waals surface area (Å²) in [6.07, 6.45) is 0. The van der Waals surface area contributed by atoms with E-state index in [0.717, 1.165) is 40.9 Å². The number of ether oxygens (including phenoxy) is 2. The monoisotopic (exact) mass is 950 g/mol. The van der Waals surface area contributed by atoms with E-state index in [9.17, 15) is 0 Å². The summed E-state index contributed by atoms with van der Waals surface area (Å²) in [4.78, 5) is 0. The highest BCUT2D eigenvalue weighted by Gasteiger charge is 2.44. The molecule has 0 N–H and O–H groups in total. The van der Waals surface area contributed by atoms with Crippen LogP contribution in [0.5, 0.6) is 23.0 Å². The first kappa shape index (κ1) is 32.7. The smallest absolute Gasteiger partial charge is 0.252 e. The number of benzene rings is 8. The topological polar surface area (TPSA) is 18.5 Å². The van der Waals surface area contributed by atoms with Crippen molar-refractivity contribution in [1.82, 2.24) is 0 Å². The van der Waals surface area contributed by atoms with Crippen molar-refractivity contribution in [3.8, 4) is 45.3 Å². The Bertz CT molecular complexity index is 2870. The first-order valence-corrected chi connectivity index (χ1v) is 21.7. The van der Waals surface area contributed by atoms with Gasteiger partial charge in [-0.15, -0.1) is 0 Å². The molecule has 12 rings (SSSR count). The van der Waals surface area contributed by atoms with Crippen molar-refractivity contribution in [3.63, 3.8) is 0 Å². The Morgan fingerprint density at radius 1 is 0.407 bits per heavy atom. The standard InChI is InChI=1S/C46H28B2Br4O2/c1-19(2)25-15-27-31-9-23(51)13-39-45(31)48(34-8-6-22(50)12-38(34)53-39)36-18-30-26(20(3)4)16-28-32-10-24(52)14-40-46(32)47(33-7-5-21(49)11-37(33)54-40)35-17-29(25)43(41(27)36)44(30)42(28)35/h5-20H,1-4H3. The fourth-order valence-corrected chi connectivity index (χ4v) is 12.0. The minimum absolute atomic E-state index is 0.0380. The summed E-state index contributed by atoms with van der Waals surface area (Å²) in [5.74, 6) is 4.29. The Morgan fingerprint density at radius 3 is 1.22 bits per heavy atom. The van der Waals surface area contributed by atoms with E-state index in [1.165, 1.54) is 98.5 Å². The van der Waals surface area contributed by atoms with Crippen LogP contribution in [0, 0.1) is 0 Å². The second-order valence-corrected chi connectivity index (χ2v) is 19.7. The summed E-state index contributed by atoms with van der Waals surface area (Å²) in [6, 6.07) is 32.2. The van der Waals surface area contributed by atoms with E-state index in [1.54, 1.807) is 0 Å². The van der Waals surface area contributed by atoms with E-state index in [2.05, 4.69) is 176 Å². The first-order chi connectivity index (χ1) is 26.0. The van der Waals surface area contributed by atoms with Crippen molar-refractivity contribution in [3.05, 3.63) is 114 Å². The summed E-state index contributed by atoms with van der Waals surface area (Å²) >= 11 is 15.3. The molecule has 0 spiro atoms. The first-order valence-electron chi connectivity index (χ1n) is 18.5. The molecular formula is C46H28B2Br4O2. The summed E-state index contributed by atoms with van der Waals surface area (Å²) in [5.41, 5.74) is 15.6. The van der Waals surface area contributed by atoms with Crippen LogP contribution in [0.1, 0.15) is 50.7 Å². The highest BCUT2D eigenvalue weighted by molar-refractivity contribution is 9.11. The quantitative estimate of drug-likeness (QED) is 0.127. The van der Waals surface area contributed by atoms with E-state index in [4.69, 9.17) is 9.47 Å². The third-order valence-corrected chi connectivity index (χ3v) is 14.4. The molecule has 0 aromatic heterocycles. The van der Waals surface area contributed by atoms with Gasteiger partial charge in [0.05, 0.1) is 0 Å². The summed E-state index contributed by atoms with van der Waals surface area (Å²) in [5, 5.41) is 8.25. The summed E-state index contributed by atoms with van der Waals surface area (Å²) < 4.78 is 17.6. The molecule has 8 aromatic carbocycles. The van der Waals surface area contributed by atoms with Gasteiger partial charge in [-0.3, -0.25) is 0 Å². The highest BCUT2D eigenvalue weighted by Crippen LogP contribution is 2.50. The van der Waals surface area contributed by atoms with E-state index in [1.807, 2.05) is 0 Å². The fourth-order valence-electron chi connectivity index (χ4n) is 10.4. The number of halogens is 4. The molecule has 54 heavy (non-hydrogen) atoms. The van der Waals surface area contributed by atoms with Crippen molar-refractivity contribution < 1.29 is 9.47 Å². The van der Waals surface area contributed by atoms with Gasteiger partial charge in [0.15, 0.2) is 0 Å². The lowest BCUT2D eigenvalue weighted by Gasteiger charge is -2.38. The molecule has 8 aromatic rings. The molecule has 0 saturated heterocycles. The van der Waals surface area contributed by atoms with Gasteiger partial charge in [0, 0.05) is 17.9 Å². The Morgan fingerprint density at radius 2 is 0.815 bits per heavy atom. The molecule has 258 valence electrons. The number of rotatable bonds is 2. The van der Waals surface area contributed by atoms with Crippen LogP contribution in [0.2, 0.25) is 0 Å². The molecule has 2 nitrogen and oxygen atoms in total. The maximum atomic E-state index is 6.76. The lowest BCUT2D eigenvalue weighted by molar-refractivity contribution is 0.486. The SMILES string of the molecule is CC(C)c1cc2c3c(cc4c(C(C)C)cc5c6c(cc1c3c46)B1c3ccc(Br)cc3Oc3cc(Br)cc-5c31)B1c3ccc(Br)cc3Oc3cc(Br)cc-2c31. The minimum atomic E-state index is 0.0380. The Labute approximate surface area is 347 Å². The predicted octanol–water partition coefficient (Wildman–Crippen LogP) is 11.1. The van der Waals surface area contributed by atoms with Gasteiger partial charge >= 0.3 is 0 Å². The lowest BCUT2D eigenvalue weighted by atomic mass is 9.32. The molecule has 0 aliphatic carbocycles. The molecular weight excluding hydrogens is 926 g/mol. The van der Waals surface area contributed by atoms with Crippen LogP contribution in [-0.2, 0) is 0 Å². The van der Waals surface area contributed by atoms with Gasteiger partial charge < -0.3 is 9.47 Å². The zero-order valence-corrected chi connectivity index (χ0v) is 36.1. The summed E-state index contributed by atoms with van der Waals surface area (Å²) in [7, 11) is 0. The largest absolute Gasteiger partial charge is 0.458 e. The van der Waals surface area contributed by atoms with E-state index < -0.39 is 0 Å². The number of hydrogen-bond donors (Lipinski definition) is 0. The van der Waals surface area contributed by atoms with E-state index in [-0.39, 0.29) is 13.4 Å². The average molecular weight is 954 g/mol. The molecule has 0 atom stereocenters. The molecule has 8 heteroatoms. The molecule has 0 radical (unpaired) electrons. The number of hydrogen-bond acceptors (Lipinski definition) is 2. The van der Waals surface area contributed by atoms with Crippen LogP contribution >= 0.6 is 63.7 Å². The highest BCUT2D eigenvalue weighted by atomic mass is 79.9. The summed E-state index contributed by atoms with van der Waals surface area (Å²) in [6.45, 7) is 9.47. The van der Waals surface area contributed by atoms with Crippen molar-refractivity contribution in [2.75, 3.05) is 0 Å². The van der Waals surface area contributed by atoms with Crippen LogP contribution in [0.4, 0.5) is 0 Å². The maximum absolute atomic E-state index is 6.76. The van der Waals surface area contributed by atoms with Gasteiger partial charge in [0.2, 0.25) is 0 Å². The molecule has 4 heterocycles. The second-order valence-electron chi connectivity index (χ2n) is 16.0. The fraction of sp³-hybridized carbons (Fsp3) is 0.130. The van der Waals surface area contributed by atoms with Crippen LogP contribution < -0.4 is 42.3 Å². The van der Waals surface area contributed by atoms with Gasteiger partial charge in [-0.05, 0) is 160 Å². The van der Waals surface area contributed by atoms with E-state index in [0.29, 0.717) is 11.8 Å². The Balaban J connectivity index is 1.33. The predicted molar refractivity (Wildman–Crippen MR) is 242 cm³/mol. The van der Waals surface area contributed by atoms with Crippen LogP contribution in [0.15, 0.2) is 103 Å². The van der Waals surface area contributed by atoms with Gasteiger partial charge in [-0.1, -0.05) is 127 Å². The third-order valence-electron chi connectivity index (χ3n) is 12.5. The van der Waals surface area contributed by atoms with Crippen LogP contribution in [0.25, 0.3) is 54.6 Å². The van der Waals surface area contributed by atoms with E-state index >= 15 is 0 Å². The minimum Gasteiger partial charge on any atom is -0.458 e. The molecule has 0 bridgehead atoms. The molecule has 0 unspecified atom stereocenters. The van der Waals surface area contributed by atoms with Crippen molar-refractivity contribution in [2.24, 2.45) is 0 Å². The Kier molecular flexibility index (Phi) is 6.69. The van der Waals surface area contributed by atoms with Gasteiger partial charge in [-0.2, -0.15) is 0 Å². The zero-order chi connectivity index (χ0) is 36.6. The molecule has 0 saturated carbocycles. The lowest BCUT2D eigenvalue weighted by Crippen LogP contribution is -2.58. The van der Waals surface area contributed by atoms with Crippen LogP contribution in [-0.4, -0.2) is 13.4 Å². The molecule has 4 aliphatic heterocycles. The third kappa shape index (κ3) is 4.13. The van der Waals surface area contributed by atoms with Crippen LogP contribution in [0.3, 0.4) is 0 Å². The molecule has 0 amide bonds. The number of fused-ring (bicyclic) bond motifs is 8. The second kappa shape index (κ2) is 11.1. The molecule has 4 aliphatic rings. The van der Waals surface area contributed by atoms with Crippen molar-refractivity contribution in [2.45, 2.75) is 39.5 Å². The van der Waals surface area contributed by atoms with Gasteiger partial charge in [-0.25, -0.2) is 0 Å². The van der Waals surface area contributed by atoms with Crippen molar-refractivity contribution in [1.29, 1.82) is 0 Å². The van der Waals surface area contributed by atoms with Gasteiger partial charge in [0.25, 0.3) is 13.4 Å². The molecule has 0 fully saturated rings.